The van der Waals surface area contributed by atoms with Crippen LogP contribution in [0, 0.1) is 0 Å². The molecule has 0 atom stereocenters. The Morgan fingerprint density at radius 3 is 1.46 bits per heavy atom. The number of nitrogens with one attached hydrogen (secondary N) is 3. The van der Waals surface area contributed by atoms with Crippen molar-refractivity contribution >= 4 is 52.8 Å². The summed E-state index contributed by atoms with van der Waals surface area (Å²) < 4.78 is 36.8. The van der Waals surface area contributed by atoms with Gasteiger partial charge in [-0.1, -0.05) is 60.7 Å². The topological polar surface area (TPSA) is 200 Å². The number of amides is 2. The molecule has 8 rings (SSSR count). The van der Waals surface area contributed by atoms with Gasteiger partial charge in [0.15, 0.2) is 34.6 Å². The molecule has 4 heterocycles. The van der Waals surface area contributed by atoms with Gasteiger partial charge in [0, 0.05) is 88.0 Å². The van der Waals surface area contributed by atoms with E-state index in [-0.39, 0.29) is 183 Å². The zero-order valence-electron chi connectivity index (χ0n) is 40.4. The summed E-state index contributed by atoms with van der Waals surface area (Å²) in [5, 5.41) is 17.4. The van der Waals surface area contributed by atoms with Crippen molar-refractivity contribution in [2.24, 2.45) is 0 Å². The molecule has 2 fully saturated rings. The Hall–Kier alpha value is -2.05. The van der Waals surface area contributed by atoms with Crippen LogP contribution in [0.3, 0.4) is 0 Å². The van der Waals surface area contributed by atoms with Gasteiger partial charge in [0.25, 0.3) is 6.47 Å². The first-order valence-electron chi connectivity index (χ1n) is 21.3. The summed E-state index contributed by atoms with van der Waals surface area (Å²) in [6.07, 6.45) is 0. The average Bonchev–Trinajstić information content (AvgIpc) is 4.00. The summed E-state index contributed by atoms with van der Waals surface area (Å²) >= 11 is 5.53. The maximum Gasteiger partial charge on any atom is 1.00 e. The van der Waals surface area contributed by atoms with Crippen molar-refractivity contribution in [3.63, 3.8) is 0 Å². The molecular weight excluding hydrogens is 1130 g/mol. The van der Waals surface area contributed by atoms with E-state index in [9.17, 15) is 23.6 Å². The van der Waals surface area contributed by atoms with E-state index >= 15 is 0 Å². The van der Waals surface area contributed by atoms with Gasteiger partial charge in [0.1, 0.15) is 0 Å². The first-order valence-corrected chi connectivity index (χ1v) is 21.1. The van der Waals surface area contributed by atoms with E-state index in [4.69, 9.17) is 42.0 Å². The van der Waals surface area contributed by atoms with Gasteiger partial charge in [0.2, 0.25) is 25.4 Å². The number of carbonyl (C=O) groups excluding carboxylic acids is 5. The second kappa shape index (κ2) is 34.3. The SMILES string of the molecule is CC(=O)c1cc2c(cc1NC(=O)CN1CCN(Cc3ccccc3)CC1)OCO2.CC(=O)c1cc2c(cc1NC(=O)CN1CCNCC1)OCO2.ClCc1ccccc1.O=CO[O-].[2H]CF.[Cs+].[Cs+].[H-]. The van der Waals surface area contributed by atoms with Gasteiger partial charge < -0.3 is 46.5 Å². The number of piperazine rings is 2. The van der Waals surface area contributed by atoms with Gasteiger partial charge in [0.05, 0.1) is 33.0 Å². The quantitative estimate of drug-likeness (QED) is 0.0482. The maximum atomic E-state index is 12.6. The first-order chi connectivity index (χ1) is 32.0. The van der Waals surface area contributed by atoms with Crippen LogP contribution in [-0.2, 0) is 31.7 Å². The number of ketones is 2. The number of hydrogen-bond donors (Lipinski definition) is 3. The normalized spacial score (nSPS) is 14.6. The number of rotatable bonds is 12. The van der Waals surface area contributed by atoms with Crippen LogP contribution >= 0.6 is 11.6 Å². The number of halogens is 2. The van der Waals surface area contributed by atoms with E-state index in [2.05, 4.69) is 59.8 Å². The molecule has 0 radical (unpaired) electrons. The predicted molar refractivity (Wildman–Crippen MR) is 241 cm³/mol. The number of nitrogens with zero attached hydrogens (tertiary/aromatic N) is 3. The molecule has 4 aliphatic heterocycles. The smallest absolute Gasteiger partial charge is 1.00 e. The van der Waals surface area contributed by atoms with Crippen LogP contribution < -0.4 is 178 Å². The molecule has 4 aliphatic rings. The molecule has 67 heavy (non-hydrogen) atoms. The van der Waals surface area contributed by atoms with Crippen LogP contribution in [-0.4, -0.2) is 131 Å². The fourth-order valence-corrected chi connectivity index (χ4v) is 7.02. The molecule has 17 nitrogen and oxygen atoms in total. The van der Waals surface area contributed by atoms with Crippen molar-refractivity contribution in [3.8, 4) is 23.0 Å². The summed E-state index contributed by atoms with van der Waals surface area (Å²) in [6.45, 7) is 11.5. The number of anilines is 2. The van der Waals surface area contributed by atoms with Gasteiger partial charge in [-0.15, -0.1) is 11.6 Å². The number of Topliss-reactive ketones (excluding diaryl/α,β-unsaturated/α-hetero) is 2. The Morgan fingerprint density at radius 1 is 0.716 bits per heavy atom. The molecule has 0 aliphatic carbocycles. The molecule has 0 saturated carbocycles. The minimum Gasteiger partial charge on any atom is -1.00 e. The van der Waals surface area contributed by atoms with E-state index < -0.39 is 7.15 Å². The fourth-order valence-electron chi connectivity index (χ4n) is 6.84. The monoisotopic (exact) mass is 1190 g/mol. The van der Waals surface area contributed by atoms with Crippen LogP contribution in [0.2, 0.25) is 0 Å². The molecule has 21 heteroatoms. The number of hydrogen-bond acceptors (Lipinski definition) is 15. The fraction of sp³-hybridized carbons (Fsp3) is 0.370. The standard InChI is InChI=1S/C22H25N3O4.C15H19N3O4.C7H7Cl.CH3F.CH2O3.2Cs.H/c1-16(26)18-11-20-21(29-15-28-20)12-19(18)23-22(27)14-25-9-7-24(8-10-25)13-17-5-3-2-4-6-17;1-10(19)11-6-13-14(22-9-21-13)7-12(11)17-15(20)8-18-4-2-16-3-5-18;8-6-7-4-2-1-3-5-7;1-2;2-1-4-3;;;/h2-6,11-12H,7-10,13-15H2,1H3,(H,23,27);6-7,16H,2-5,8-9H2,1H3,(H,17,20);1-5H,6H2;1H3;1,3H;;;/q;;;;;2*+1;-1/p-1/i;;;1D;;;;. The number of carbonyl (C=O) groups is 5. The maximum absolute atomic E-state index is 12.6. The number of alkyl halides is 2. The first kappa shape index (κ1) is 59.3. The van der Waals surface area contributed by atoms with Gasteiger partial charge in [-0.25, -0.2) is 0 Å². The number of ether oxygens (including phenoxy) is 4. The van der Waals surface area contributed by atoms with E-state index in [0.29, 0.717) is 64.5 Å². The van der Waals surface area contributed by atoms with Crippen LogP contribution in [0.5, 0.6) is 23.0 Å². The van der Waals surface area contributed by atoms with Crippen molar-refractivity contribution in [1.29, 1.82) is 0 Å². The number of fused-ring (bicyclic) bond motifs is 2. The van der Waals surface area contributed by atoms with Gasteiger partial charge in [-0.05, 0) is 37.1 Å². The third kappa shape index (κ3) is 21.5. The Kier molecular flexibility index (Phi) is 30.3. The molecule has 2 saturated heterocycles. The summed E-state index contributed by atoms with van der Waals surface area (Å²) in [5.41, 5.74) is 4.27. The molecule has 0 aromatic heterocycles. The Balaban J connectivity index is 0.000000524. The summed E-state index contributed by atoms with van der Waals surface area (Å²) in [5.74, 6) is 2.23. The van der Waals surface area contributed by atoms with E-state index in [1.807, 2.05) is 36.4 Å². The largest absolute Gasteiger partial charge is 1.00 e. The summed E-state index contributed by atoms with van der Waals surface area (Å²) in [6, 6.07) is 26.9. The molecule has 352 valence electrons. The molecule has 4 aromatic rings. The van der Waals surface area contributed by atoms with Crippen molar-refractivity contribution in [2.45, 2.75) is 26.3 Å². The van der Waals surface area contributed by atoms with Crippen LogP contribution in [0.15, 0.2) is 84.9 Å². The van der Waals surface area contributed by atoms with Crippen LogP contribution in [0.1, 0.15) is 48.5 Å². The Bertz CT molecular complexity index is 2180. The van der Waals surface area contributed by atoms with Gasteiger partial charge >= 0.3 is 138 Å². The zero-order valence-corrected chi connectivity index (χ0v) is 51.7. The Morgan fingerprint density at radius 2 is 1.09 bits per heavy atom. The Labute approximate surface area is 516 Å². The van der Waals surface area contributed by atoms with Gasteiger partial charge in [-0.2, -0.15) is 0 Å². The van der Waals surface area contributed by atoms with Crippen molar-refractivity contribution in [3.05, 3.63) is 107 Å². The zero-order chi connectivity index (χ0) is 47.7. The average molecular weight is 1190 g/mol. The van der Waals surface area contributed by atoms with E-state index in [1.165, 1.54) is 25.0 Å². The third-order valence-electron chi connectivity index (χ3n) is 10.0. The second-order valence-corrected chi connectivity index (χ2v) is 14.9. The minimum absolute atomic E-state index is 0. The molecule has 3 N–H and O–H groups in total. The van der Waals surface area contributed by atoms with E-state index in [0.717, 1.165) is 58.9 Å². The molecule has 0 spiro atoms. The van der Waals surface area contributed by atoms with Gasteiger partial charge in [-0.3, -0.25) is 43.1 Å². The van der Waals surface area contributed by atoms with Crippen molar-refractivity contribution < 1.29 is 198 Å². The molecule has 0 unspecified atom stereocenters. The second-order valence-electron chi connectivity index (χ2n) is 14.6. The summed E-state index contributed by atoms with van der Waals surface area (Å²) in [7, 11) is -1.00. The number of benzene rings is 4. The predicted octanol–water partition coefficient (Wildman–Crippen LogP) is -1.60. The van der Waals surface area contributed by atoms with Crippen molar-refractivity contribution in [2.75, 3.05) is 96.8 Å². The molecule has 2 amide bonds. The molecule has 4 aromatic carbocycles. The third-order valence-corrected chi connectivity index (χ3v) is 10.3. The molecule has 0 bridgehead atoms. The van der Waals surface area contributed by atoms with Crippen LogP contribution in [0.4, 0.5) is 15.8 Å². The minimum atomic E-state index is -1.00. The van der Waals surface area contributed by atoms with Crippen molar-refractivity contribution in [1.82, 2.24) is 20.0 Å². The summed E-state index contributed by atoms with van der Waals surface area (Å²) in [4.78, 5) is 66.4. The molecular formula is C46H56ClCs2FN6O11. The van der Waals surface area contributed by atoms with Crippen LogP contribution in [0.25, 0.3) is 0 Å². The van der Waals surface area contributed by atoms with E-state index in [1.54, 1.807) is 24.3 Å².